The Morgan fingerprint density at radius 2 is 1.84 bits per heavy atom. The van der Waals surface area contributed by atoms with Crippen LogP contribution < -0.4 is 0 Å². The molecule has 2 aliphatic rings. The highest BCUT2D eigenvalue weighted by molar-refractivity contribution is 6.12. The Bertz CT molecular complexity index is 1200. The summed E-state index contributed by atoms with van der Waals surface area (Å²) >= 11 is 0. The standard InChI is InChI=1S/C26H25NO3.C2H6/c1-6-8-17-12-19-20(11-16(17)4)26(30)23(27-5)14-25(26,13-22(19)29)24-15(3)9-10-21(28)18(24)7-2;1-2/h2,6,8-12,28,30H,13-14H2,1,3-5H3;1-2H3/b8-6-,27-23?;/t25-,26+;/m0./s1. The minimum atomic E-state index is -1.45. The van der Waals surface area contributed by atoms with Crippen molar-refractivity contribution in [2.24, 2.45) is 4.99 Å². The number of fused-ring (bicyclic) bond motifs is 3. The van der Waals surface area contributed by atoms with Crippen molar-refractivity contribution in [3.8, 4) is 18.1 Å². The first-order valence-corrected chi connectivity index (χ1v) is 11.0. The number of aromatic hydroxyl groups is 1. The van der Waals surface area contributed by atoms with Gasteiger partial charge >= 0.3 is 0 Å². The summed E-state index contributed by atoms with van der Waals surface area (Å²) < 4.78 is 0. The van der Waals surface area contributed by atoms with Gasteiger partial charge < -0.3 is 10.2 Å². The van der Waals surface area contributed by atoms with Crippen molar-refractivity contribution in [1.29, 1.82) is 0 Å². The molecule has 2 aliphatic carbocycles. The molecule has 32 heavy (non-hydrogen) atoms. The van der Waals surface area contributed by atoms with Crippen LogP contribution in [0.2, 0.25) is 0 Å². The van der Waals surface area contributed by atoms with Gasteiger partial charge in [-0.25, -0.2) is 0 Å². The average Bonchev–Trinajstić information content (AvgIpc) is 2.78. The first-order valence-electron chi connectivity index (χ1n) is 11.0. The zero-order valence-corrected chi connectivity index (χ0v) is 19.7. The van der Waals surface area contributed by atoms with Crippen molar-refractivity contribution >= 4 is 17.6 Å². The fraction of sp³-hybridized carbons (Fsp3) is 0.357. The highest BCUT2D eigenvalue weighted by Crippen LogP contribution is 2.63. The Balaban J connectivity index is 0.00000141. The molecule has 0 spiro atoms. The number of aliphatic imine (C=N–C) groups is 1. The molecular weight excluding hydrogens is 398 g/mol. The molecule has 2 aromatic carbocycles. The summed E-state index contributed by atoms with van der Waals surface area (Å²) in [6, 6.07) is 7.10. The number of Topliss-reactive ketones (excluding diaryl/α,β-unsaturated/α-hetero) is 1. The first-order chi connectivity index (χ1) is 15.2. The lowest BCUT2D eigenvalue weighted by molar-refractivity contribution is -0.0264. The highest BCUT2D eigenvalue weighted by atomic mass is 16.3. The monoisotopic (exact) mass is 429 g/mol. The van der Waals surface area contributed by atoms with Crippen LogP contribution in [-0.4, -0.2) is 28.8 Å². The van der Waals surface area contributed by atoms with Crippen molar-refractivity contribution < 1.29 is 15.0 Å². The van der Waals surface area contributed by atoms with Crippen LogP contribution in [0.3, 0.4) is 0 Å². The van der Waals surface area contributed by atoms with Crippen LogP contribution in [0.5, 0.6) is 5.75 Å². The van der Waals surface area contributed by atoms with Gasteiger partial charge in [0, 0.05) is 36.4 Å². The van der Waals surface area contributed by atoms with Crippen LogP contribution in [0.25, 0.3) is 6.08 Å². The predicted molar refractivity (Wildman–Crippen MR) is 131 cm³/mol. The van der Waals surface area contributed by atoms with E-state index in [1.54, 1.807) is 19.2 Å². The minimum Gasteiger partial charge on any atom is -0.507 e. The molecule has 0 saturated heterocycles. The number of allylic oxidation sites excluding steroid dienone is 1. The summed E-state index contributed by atoms with van der Waals surface area (Å²) in [7, 11) is 1.66. The number of carbonyl (C=O) groups is 1. The Morgan fingerprint density at radius 3 is 2.44 bits per heavy atom. The predicted octanol–water partition coefficient (Wildman–Crippen LogP) is 5.24. The summed E-state index contributed by atoms with van der Waals surface area (Å²) in [6.45, 7) is 9.79. The zero-order valence-electron chi connectivity index (χ0n) is 19.7. The first kappa shape index (κ1) is 23.5. The maximum absolute atomic E-state index is 13.4. The maximum Gasteiger partial charge on any atom is 0.164 e. The molecule has 1 fully saturated rings. The normalized spacial score (nSPS) is 24.8. The number of aryl methyl sites for hydroxylation is 2. The maximum atomic E-state index is 13.4. The van der Waals surface area contributed by atoms with Gasteiger partial charge in [0.25, 0.3) is 0 Å². The van der Waals surface area contributed by atoms with Crippen LogP contribution in [-0.2, 0) is 11.0 Å². The number of rotatable bonds is 2. The largest absolute Gasteiger partial charge is 0.507 e. The molecule has 0 amide bonds. The topological polar surface area (TPSA) is 69.9 Å². The molecular formula is C28H31NO3. The van der Waals surface area contributed by atoms with Crippen LogP contribution >= 0.6 is 0 Å². The van der Waals surface area contributed by atoms with Gasteiger partial charge in [-0.15, -0.1) is 6.42 Å². The second-order valence-corrected chi connectivity index (χ2v) is 8.29. The molecule has 0 radical (unpaired) electrons. The van der Waals surface area contributed by atoms with Crippen LogP contribution in [0.4, 0.5) is 0 Å². The van der Waals surface area contributed by atoms with Gasteiger partial charge in [0.1, 0.15) is 11.4 Å². The summed E-state index contributed by atoms with van der Waals surface area (Å²) in [5, 5.41) is 22.6. The average molecular weight is 430 g/mol. The van der Waals surface area contributed by atoms with E-state index >= 15 is 0 Å². The molecule has 0 heterocycles. The Labute approximate surface area is 190 Å². The van der Waals surface area contributed by atoms with Gasteiger partial charge in [-0.05, 0) is 55.2 Å². The second-order valence-electron chi connectivity index (χ2n) is 8.29. The Hall–Kier alpha value is -3.16. The molecule has 2 atom stereocenters. The number of carbonyl (C=O) groups excluding carboxylic acids is 1. The van der Waals surface area contributed by atoms with Gasteiger partial charge in [0.2, 0.25) is 0 Å². The minimum absolute atomic E-state index is 0.0189. The van der Waals surface area contributed by atoms with Crippen molar-refractivity contribution in [2.75, 3.05) is 7.05 Å². The number of hydrogen-bond acceptors (Lipinski definition) is 4. The van der Waals surface area contributed by atoms with Crippen LogP contribution in [0, 0.1) is 26.2 Å². The van der Waals surface area contributed by atoms with Crippen molar-refractivity contribution in [3.05, 3.63) is 69.3 Å². The van der Waals surface area contributed by atoms with E-state index in [0.29, 0.717) is 34.4 Å². The lowest BCUT2D eigenvalue weighted by Crippen LogP contribution is -2.68. The summed E-state index contributed by atoms with van der Waals surface area (Å²) in [5.41, 5.74) is 3.07. The van der Waals surface area contributed by atoms with E-state index < -0.39 is 11.0 Å². The van der Waals surface area contributed by atoms with Gasteiger partial charge in [0.15, 0.2) is 5.78 Å². The van der Waals surface area contributed by atoms with E-state index in [4.69, 9.17) is 6.42 Å². The summed E-state index contributed by atoms with van der Waals surface area (Å²) in [4.78, 5) is 17.7. The SMILES string of the molecule is C#Cc1c(O)ccc(C)c1[C@@]12CC(=O)c3cc(/C=C\C)c(C)cc3[C@@]1(O)C(=NC)C2.CC. The van der Waals surface area contributed by atoms with Gasteiger partial charge in [-0.3, -0.25) is 9.79 Å². The van der Waals surface area contributed by atoms with E-state index in [1.165, 1.54) is 0 Å². The zero-order chi connectivity index (χ0) is 23.8. The molecule has 166 valence electrons. The van der Waals surface area contributed by atoms with Gasteiger partial charge in [-0.1, -0.05) is 44.1 Å². The Kier molecular flexibility index (Phi) is 6.18. The van der Waals surface area contributed by atoms with Crippen molar-refractivity contribution in [1.82, 2.24) is 0 Å². The molecule has 4 nitrogen and oxygen atoms in total. The third kappa shape index (κ3) is 2.96. The van der Waals surface area contributed by atoms with E-state index in [2.05, 4.69) is 10.9 Å². The molecule has 2 N–H and O–H groups in total. The third-order valence-corrected chi connectivity index (χ3v) is 6.77. The fourth-order valence-corrected chi connectivity index (χ4v) is 5.36. The number of terminal acetylenes is 1. The van der Waals surface area contributed by atoms with E-state index in [-0.39, 0.29) is 18.0 Å². The van der Waals surface area contributed by atoms with E-state index in [9.17, 15) is 15.0 Å². The number of hydrogen-bond donors (Lipinski definition) is 2. The quantitative estimate of drug-likeness (QED) is 0.642. The number of ketones is 1. The molecule has 0 aromatic heterocycles. The number of phenolic OH excluding ortho intramolecular Hbond substituents is 1. The Morgan fingerprint density at radius 1 is 1.16 bits per heavy atom. The molecule has 0 unspecified atom stereocenters. The molecule has 4 rings (SSSR count). The summed E-state index contributed by atoms with van der Waals surface area (Å²) in [6.07, 6.45) is 10.2. The number of phenols is 1. The number of aliphatic hydroxyl groups is 1. The fourth-order valence-electron chi connectivity index (χ4n) is 5.36. The summed E-state index contributed by atoms with van der Waals surface area (Å²) in [5.74, 6) is 2.53. The third-order valence-electron chi connectivity index (χ3n) is 6.77. The van der Waals surface area contributed by atoms with Gasteiger partial charge in [0.05, 0.1) is 11.3 Å². The van der Waals surface area contributed by atoms with Gasteiger partial charge in [-0.2, -0.15) is 0 Å². The molecule has 1 saturated carbocycles. The lowest BCUT2D eigenvalue weighted by Gasteiger charge is -2.60. The number of benzene rings is 2. The molecule has 2 aromatic rings. The van der Waals surface area contributed by atoms with E-state index in [1.807, 2.05) is 58.9 Å². The van der Waals surface area contributed by atoms with Crippen LogP contribution in [0.15, 0.2) is 35.3 Å². The van der Waals surface area contributed by atoms with Crippen molar-refractivity contribution in [3.63, 3.8) is 0 Å². The highest BCUT2D eigenvalue weighted by Gasteiger charge is 2.69. The number of nitrogens with zero attached hydrogens (tertiary/aromatic N) is 1. The molecule has 4 heteroatoms. The van der Waals surface area contributed by atoms with E-state index in [0.717, 1.165) is 16.7 Å². The smallest absolute Gasteiger partial charge is 0.164 e. The second kappa shape index (κ2) is 8.41. The lowest BCUT2D eigenvalue weighted by atomic mass is 9.44. The van der Waals surface area contributed by atoms with Crippen molar-refractivity contribution in [2.45, 2.75) is 58.5 Å². The molecule has 0 aliphatic heterocycles. The molecule has 0 bridgehead atoms. The van der Waals surface area contributed by atoms with Crippen LogP contribution in [0.1, 0.15) is 77.4 Å².